The van der Waals surface area contributed by atoms with E-state index in [1.54, 1.807) is 13.0 Å². The number of hydrogen-bond donors (Lipinski definition) is 2. The number of ether oxygens (including phenoxy) is 1. The van der Waals surface area contributed by atoms with Crippen molar-refractivity contribution in [2.75, 3.05) is 13.2 Å². The molecule has 0 aromatic carbocycles. The summed E-state index contributed by atoms with van der Waals surface area (Å²) in [6, 6.07) is 3.83. The molecule has 0 bridgehead atoms. The van der Waals surface area contributed by atoms with Gasteiger partial charge in [0.2, 0.25) is 0 Å². The van der Waals surface area contributed by atoms with Crippen LogP contribution in [0.4, 0.5) is 8.78 Å². The summed E-state index contributed by atoms with van der Waals surface area (Å²) in [6.07, 6.45) is -0.505. The number of aliphatic hydroxyl groups is 1. The molecule has 3 rings (SSSR count). The molecule has 25 heavy (non-hydrogen) atoms. The number of amides is 1. The molecule has 132 valence electrons. The number of alkyl halides is 2. The maximum Gasteiger partial charge on any atom is 0.280 e. The summed E-state index contributed by atoms with van der Waals surface area (Å²) in [5.74, 6) is 0.227. The molecule has 0 radical (unpaired) electrons. The Balaban J connectivity index is 1.83. The molecule has 0 saturated heterocycles. The van der Waals surface area contributed by atoms with Crippen molar-refractivity contribution < 1.29 is 23.4 Å². The third kappa shape index (κ3) is 3.50. The second-order valence-corrected chi connectivity index (χ2v) is 5.27. The molecule has 2 aliphatic rings. The molecule has 1 amide bonds. The minimum Gasteiger partial charge on any atom is -0.491 e. The lowest BCUT2D eigenvalue weighted by molar-refractivity contribution is 0.0933. The molecule has 1 atom stereocenters. The van der Waals surface area contributed by atoms with Crippen molar-refractivity contribution in [3.05, 3.63) is 53.3 Å². The Bertz CT molecular complexity index is 776. The zero-order valence-corrected chi connectivity index (χ0v) is 13.3. The lowest BCUT2D eigenvalue weighted by Crippen LogP contribution is -2.37. The summed E-state index contributed by atoms with van der Waals surface area (Å²) < 4.78 is 31.0. The van der Waals surface area contributed by atoms with E-state index in [1.807, 2.05) is 0 Å². The molecule has 2 N–H and O–H groups in total. The Hall–Kier alpha value is -2.81. The minimum absolute atomic E-state index is 0.143. The highest BCUT2D eigenvalue weighted by Gasteiger charge is 2.29. The smallest absolute Gasteiger partial charge is 0.280 e. The first kappa shape index (κ1) is 17.0. The SMILES string of the molecule is CCOC1=CC2=NCC(O)N2C=C1NC(=O)c1cccc(C(F)F)n1. The van der Waals surface area contributed by atoms with E-state index >= 15 is 0 Å². The van der Waals surface area contributed by atoms with E-state index in [-0.39, 0.29) is 17.9 Å². The first-order chi connectivity index (χ1) is 12.0. The van der Waals surface area contributed by atoms with Crippen molar-refractivity contribution >= 4 is 11.7 Å². The molecular weight excluding hydrogens is 334 g/mol. The van der Waals surface area contributed by atoms with Crippen LogP contribution in [0.1, 0.15) is 29.5 Å². The predicted octanol–water partition coefficient (Wildman–Crippen LogP) is 1.56. The van der Waals surface area contributed by atoms with E-state index in [4.69, 9.17) is 4.74 Å². The summed E-state index contributed by atoms with van der Waals surface area (Å²) in [6.45, 7) is 2.35. The van der Waals surface area contributed by atoms with Gasteiger partial charge < -0.3 is 20.1 Å². The van der Waals surface area contributed by atoms with Gasteiger partial charge in [-0.1, -0.05) is 6.07 Å². The van der Waals surface area contributed by atoms with Gasteiger partial charge in [0.05, 0.1) is 13.2 Å². The minimum atomic E-state index is -2.76. The fourth-order valence-corrected chi connectivity index (χ4v) is 2.42. The number of nitrogens with zero attached hydrogens (tertiary/aromatic N) is 3. The molecule has 1 aromatic rings. The average Bonchev–Trinajstić information content (AvgIpc) is 2.95. The van der Waals surface area contributed by atoms with Gasteiger partial charge in [0, 0.05) is 12.3 Å². The van der Waals surface area contributed by atoms with Crippen molar-refractivity contribution in [1.29, 1.82) is 0 Å². The number of amidine groups is 1. The summed E-state index contributed by atoms with van der Waals surface area (Å²) in [5, 5.41) is 12.5. The lowest BCUT2D eigenvalue weighted by atomic mass is 10.2. The molecule has 1 aromatic heterocycles. The maximum absolute atomic E-state index is 12.7. The van der Waals surface area contributed by atoms with Crippen molar-refractivity contribution in [3.63, 3.8) is 0 Å². The van der Waals surface area contributed by atoms with Crippen LogP contribution in [-0.2, 0) is 4.74 Å². The van der Waals surface area contributed by atoms with Gasteiger partial charge in [0.1, 0.15) is 28.7 Å². The Morgan fingerprint density at radius 1 is 1.52 bits per heavy atom. The van der Waals surface area contributed by atoms with Crippen LogP contribution in [0.2, 0.25) is 0 Å². The largest absolute Gasteiger partial charge is 0.491 e. The average molecular weight is 350 g/mol. The van der Waals surface area contributed by atoms with Crippen molar-refractivity contribution in [2.45, 2.75) is 19.6 Å². The third-order valence-corrected chi connectivity index (χ3v) is 3.57. The molecule has 0 spiro atoms. The second kappa shape index (κ2) is 6.98. The Morgan fingerprint density at radius 3 is 3.04 bits per heavy atom. The van der Waals surface area contributed by atoms with Crippen LogP contribution in [0.3, 0.4) is 0 Å². The summed E-state index contributed by atoms with van der Waals surface area (Å²) in [4.78, 5) is 21.7. The van der Waals surface area contributed by atoms with Gasteiger partial charge in [-0.3, -0.25) is 9.79 Å². The van der Waals surface area contributed by atoms with Gasteiger partial charge in [-0.2, -0.15) is 0 Å². The molecule has 0 aliphatic carbocycles. The number of rotatable bonds is 5. The van der Waals surface area contributed by atoms with Gasteiger partial charge in [-0.25, -0.2) is 13.8 Å². The molecule has 1 unspecified atom stereocenters. The van der Waals surface area contributed by atoms with Crippen LogP contribution in [0.5, 0.6) is 0 Å². The fourth-order valence-electron chi connectivity index (χ4n) is 2.42. The second-order valence-electron chi connectivity index (χ2n) is 5.27. The normalized spacial score (nSPS) is 19.2. The van der Waals surface area contributed by atoms with E-state index in [0.29, 0.717) is 18.2 Å². The number of aromatic nitrogens is 1. The quantitative estimate of drug-likeness (QED) is 0.842. The number of halogens is 2. The molecule has 2 aliphatic heterocycles. The first-order valence-corrected chi connectivity index (χ1v) is 7.63. The number of pyridine rings is 1. The van der Waals surface area contributed by atoms with E-state index in [2.05, 4.69) is 15.3 Å². The number of fused-ring (bicyclic) bond motifs is 1. The van der Waals surface area contributed by atoms with Crippen LogP contribution in [0.25, 0.3) is 0 Å². The highest BCUT2D eigenvalue weighted by molar-refractivity contribution is 5.99. The van der Waals surface area contributed by atoms with Gasteiger partial charge in [0.25, 0.3) is 12.3 Å². The monoisotopic (exact) mass is 350 g/mol. The number of aliphatic hydroxyl groups excluding tert-OH is 1. The zero-order chi connectivity index (χ0) is 18.0. The molecule has 9 heteroatoms. The Kier molecular flexibility index (Phi) is 4.75. The van der Waals surface area contributed by atoms with Crippen LogP contribution in [0.15, 0.2) is 46.9 Å². The zero-order valence-electron chi connectivity index (χ0n) is 13.3. The molecular formula is C16H16F2N4O3. The number of carbonyl (C=O) groups excluding carboxylic acids is 1. The third-order valence-electron chi connectivity index (χ3n) is 3.57. The molecule has 0 fully saturated rings. The Labute approximate surface area is 142 Å². The Morgan fingerprint density at radius 2 is 2.32 bits per heavy atom. The van der Waals surface area contributed by atoms with Gasteiger partial charge in [-0.15, -0.1) is 0 Å². The highest BCUT2D eigenvalue weighted by atomic mass is 19.3. The van der Waals surface area contributed by atoms with E-state index in [9.17, 15) is 18.7 Å². The first-order valence-electron chi connectivity index (χ1n) is 7.63. The summed E-state index contributed by atoms with van der Waals surface area (Å²) in [5.41, 5.74) is -0.331. The van der Waals surface area contributed by atoms with Crippen LogP contribution in [-0.4, -0.2) is 46.1 Å². The van der Waals surface area contributed by atoms with Crippen LogP contribution < -0.4 is 5.32 Å². The van der Waals surface area contributed by atoms with Crippen LogP contribution in [0, 0.1) is 0 Å². The molecule has 7 nitrogen and oxygen atoms in total. The maximum atomic E-state index is 12.7. The van der Waals surface area contributed by atoms with Gasteiger partial charge in [0.15, 0.2) is 6.23 Å². The van der Waals surface area contributed by atoms with Crippen molar-refractivity contribution in [3.8, 4) is 0 Å². The van der Waals surface area contributed by atoms with E-state index < -0.39 is 24.3 Å². The van der Waals surface area contributed by atoms with E-state index in [1.165, 1.54) is 23.2 Å². The number of carbonyl (C=O) groups is 1. The lowest BCUT2D eigenvalue weighted by Gasteiger charge is -2.26. The summed E-state index contributed by atoms with van der Waals surface area (Å²) >= 11 is 0. The number of nitrogens with one attached hydrogen (secondary N) is 1. The predicted molar refractivity (Wildman–Crippen MR) is 84.6 cm³/mol. The van der Waals surface area contributed by atoms with Crippen LogP contribution >= 0.6 is 0 Å². The highest BCUT2D eigenvalue weighted by Crippen LogP contribution is 2.23. The van der Waals surface area contributed by atoms with Crippen molar-refractivity contribution in [2.24, 2.45) is 4.99 Å². The van der Waals surface area contributed by atoms with Gasteiger partial charge >= 0.3 is 0 Å². The molecule has 0 saturated carbocycles. The fraction of sp³-hybridized carbons (Fsp3) is 0.312. The topological polar surface area (TPSA) is 87.0 Å². The molecule has 3 heterocycles. The van der Waals surface area contributed by atoms with Crippen molar-refractivity contribution in [1.82, 2.24) is 15.2 Å². The van der Waals surface area contributed by atoms with E-state index in [0.717, 1.165) is 6.07 Å². The standard InChI is InChI=1S/C16H16F2N4O3/c1-2-25-12-6-13-19-7-14(23)22(13)8-11(12)21-16(24)10-5-3-4-9(20-10)15(17)18/h3-6,8,14-15,23H,2,7H2,1H3,(H,21,24). The summed E-state index contributed by atoms with van der Waals surface area (Å²) in [7, 11) is 0. The van der Waals surface area contributed by atoms with Gasteiger partial charge in [-0.05, 0) is 19.1 Å². The number of aliphatic imine (C=N–C) groups is 1. The number of hydrogen-bond acceptors (Lipinski definition) is 6.